The first-order valence-corrected chi connectivity index (χ1v) is 5.41. The molecule has 2 aromatic rings. The van der Waals surface area contributed by atoms with Crippen LogP contribution < -0.4 is 0 Å². The zero-order valence-electron chi connectivity index (χ0n) is 10.1. The molecule has 1 aromatic heterocycles. The lowest BCUT2D eigenvalue weighted by atomic mass is 10.1. The van der Waals surface area contributed by atoms with Crippen LogP contribution in [0.25, 0.3) is 0 Å². The molecule has 0 unspecified atom stereocenters. The SMILES string of the molecule is Cc1cc(C)n(Cc2cc(F)ccc2[N+](=O)[O-])n1. The zero-order chi connectivity index (χ0) is 13.3. The zero-order valence-corrected chi connectivity index (χ0v) is 10.1. The molecule has 0 aliphatic rings. The van der Waals surface area contributed by atoms with Gasteiger partial charge in [0.15, 0.2) is 0 Å². The first-order chi connectivity index (χ1) is 8.47. The highest BCUT2D eigenvalue weighted by atomic mass is 19.1. The molecule has 0 fully saturated rings. The lowest BCUT2D eigenvalue weighted by Crippen LogP contribution is -2.06. The van der Waals surface area contributed by atoms with Crippen LogP contribution in [-0.2, 0) is 6.54 Å². The van der Waals surface area contributed by atoms with Gasteiger partial charge in [-0.15, -0.1) is 0 Å². The number of nitro groups is 1. The second-order valence-corrected chi connectivity index (χ2v) is 4.11. The van der Waals surface area contributed by atoms with Crippen LogP contribution in [0.5, 0.6) is 0 Å². The van der Waals surface area contributed by atoms with Gasteiger partial charge in [0.2, 0.25) is 0 Å². The van der Waals surface area contributed by atoms with Gasteiger partial charge in [0.25, 0.3) is 5.69 Å². The van der Waals surface area contributed by atoms with Crippen molar-refractivity contribution in [1.82, 2.24) is 9.78 Å². The van der Waals surface area contributed by atoms with Crippen LogP contribution in [0.3, 0.4) is 0 Å². The number of benzene rings is 1. The average molecular weight is 249 g/mol. The Morgan fingerprint density at radius 2 is 2.11 bits per heavy atom. The van der Waals surface area contributed by atoms with Crippen molar-refractivity contribution >= 4 is 5.69 Å². The molecule has 0 aliphatic heterocycles. The summed E-state index contributed by atoms with van der Waals surface area (Å²) in [7, 11) is 0. The summed E-state index contributed by atoms with van der Waals surface area (Å²) < 4.78 is 14.8. The summed E-state index contributed by atoms with van der Waals surface area (Å²) >= 11 is 0. The van der Waals surface area contributed by atoms with Crippen molar-refractivity contribution in [3.05, 3.63) is 57.1 Å². The molecule has 2 rings (SSSR count). The third-order valence-corrected chi connectivity index (χ3v) is 2.66. The fourth-order valence-electron chi connectivity index (χ4n) is 1.86. The molecule has 0 bridgehead atoms. The van der Waals surface area contributed by atoms with E-state index in [9.17, 15) is 14.5 Å². The van der Waals surface area contributed by atoms with E-state index in [4.69, 9.17) is 0 Å². The lowest BCUT2D eigenvalue weighted by molar-refractivity contribution is -0.385. The van der Waals surface area contributed by atoms with Crippen molar-refractivity contribution < 1.29 is 9.31 Å². The van der Waals surface area contributed by atoms with Gasteiger partial charge in [0.1, 0.15) is 5.82 Å². The average Bonchev–Trinajstić information content (AvgIpc) is 2.57. The molecule has 1 aromatic carbocycles. The summed E-state index contributed by atoms with van der Waals surface area (Å²) in [5.74, 6) is -0.489. The van der Waals surface area contributed by atoms with E-state index in [1.807, 2.05) is 19.9 Å². The Balaban J connectivity index is 2.42. The number of halogens is 1. The van der Waals surface area contributed by atoms with Gasteiger partial charge in [0.05, 0.1) is 22.7 Å². The van der Waals surface area contributed by atoms with Crippen LogP contribution in [-0.4, -0.2) is 14.7 Å². The van der Waals surface area contributed by atoms with Crippen LogP contribution in [0.2, 0.25) is 0 Å². The van der Waals surface area contributed by atoms with Gasteiger partial charge in [-0.25, -0.2) is 4.39 Å². The number of nitro benzene ring substituents is 1. The molecule has 6 heteroatoms. The van der Waals surface area contributed by atoms with Crippen molar-refractivity contribution in [2.24, 2.45) is 0 Å². The quantitative estimate of drug-likeness (QED) is 0.620. The van der Waals surface area contributed by atoms with Crippen LogP contribution in [0, 0.1) is 29.8 Å². The fourth-order valence-corrected chi connectivity index (χ4v) is 1.86. The standard InChI is InChI=1S/C12H12FN3O2/c1-8-5-9(2)15(14-8)7-10-6-11(13)3-4-12(10)16(17)18/h3-6H,7H2,1-2H3. The highest BCUT2D eigenvalue weighted by Crippen LogP contribution is 2.21. The Labute approximate surface area is 103 Å². The van der Waals surface area contributed by atoms with E-state index < -0.39 is 10.7 Å². The van der Waals surface area contributed by atoms with Crippen LogP contribution in [0.1, 0.15) is 17.0 Å². The lowest BCUT2D eigenvalue weighted by Gasteiger charge is -2.05. The van der Waals surface area contributed by atoms with Crippen molar-refractivity contribution in [2.75, 3.05) is 0 Å². The molecule has 94 valence electrons. The first kappa shape index (κ1) is 12.2. The van der Waals surface area contributed by atoms with Crippen molar-refractivity contribution in [3.63, 3.8) is 0 Å². The number of aromatic nitrogens is 2. The maximum Gasteiger partial charge on any atom is 0.274 e. The van der Waals surface area contributed by atoms with Crippen LogP contribution in [0.15, 0.2) is 24.3 Å². The predicted molar refractivity (Wildman–Crippen MR) is 63.9 cm³/mol. The second-order valence-electron chi connectivity index (χ2n) is 4.11. The van der Waals surface area contributed by atoms with E-state index in [2.05, 4.69) is 5.10 Å². The predicted octanol–water partition coefficient (Wildman–Crippen LogP) is 2.60. The highest BCUT2D eigenvalue weighted by molar-refractivity contribution is 5.40. The fraction of sp³-hybridized carbons (Fsp3) is 0.250. The van der Waals surface area contributed by atoms with Gasteiger partial charge < -0.3 is 0 Å². The smallest absolute Gasteiger partial charge is 0.265 e. The number of aryl methyl sites for hydroxylation is 2. The van der Waals surface area contributed by atoms with Gasteiger partial charge >= 0.3 is 0 Å². The number of hydrogen-bond acceptors (Lipinski definition) is 3. The van der Waals surface area contributed by atoms with Gasteiger partial charge in [-0.05, 0) is 32.0 Å². The summed E-state index contributed by atoms with van der Waals surface area (Å²) in [6, 6.07) is 5.30. The molecular weight excluding hydrogens is 237 g/mol. The third kappa shape index (κ3) is 2.37. The molecule has 0 saturated carbocycles. The Bertz CT molecular complexity index is 607. The van der Waals surface area contributed by atoms with E-state index in [1.54, 1.807) is 4.68 Å². The van der Waals surface area contributed by atoms with E-state index in [0.29, 0.717) is 5.56 Å². The van der Waals surface area contributed by atoms with Crippen molar-refractivity contribution in [3.8, 4) is 0 Å². The Morgan fingerprint density at radius 1 is 1.39 bits per heavy atom. The van der Waals surface area contributed by atoms with Gasteiger partial charge in [0, 0.05) is 11.8 Å². The summed E-state index contributed by atoms with van der Waals surface area (Å²) in [6.45, 7) is 3.88. The molecule has 0 saturated heterocycles. The summed E-state index contributed by atoms with van der Waals surface area (Å²) in [5, 5.41) is 15.1. The van der Waals surface area contributed by atoms with Gasteiger partial charge in [-0.3, -0.25) is 14.8 Å². The third-order valence-electron chi connectivity index (χ3n) is 2.66. The van der Waals surface area contributed by atoms with Crippen molar-refractivity contribution in [2.45, 2.75) is 20.4 Å². The molecule has 0 amide bonds. The minimum atomic E-state index is -0.513. The summed E-state index contributed by atoms with van der Waals surface area (Å²) in [6.07, 6.45) is 0. The van der Waals surface area contributed by atoms with Crippen LogP contribution in [0.4, 0.5) is 10.1 Å². The molecule has 0 N–H and O–H groups in total. The minimum absolute atomic E-state index is 0.0936. The van der Waals surface area contributed by atoms with Crippen LogP contribution >= 0.6 is 0 Å². The van der Waals surface area contributed by atoms with E-state index in [1.165, 1.54) is 12.1 Å². The number of nitrogens with zero attached hydrogens (tertiary/aromatic N) is 3. The summed E-state index contributed by atoms with van der Waals surface area (Å²) in [4.78, 5) is 10.4. The molecule has 0 spiro atoms. The molecule has 0 radical (unpaired) electrons. The molecule has 0 aliphatic carbocycles. The van der Waals surface area contributed by atoms with E-state index in [0.717, 1.165) is 17.5 Å². The Morgan fingerprint density at radius 3 is 2.67 bits per heavy atom. The van der Waals surface area contributed by atoms with E-state index >= 15 is 0 Å². The normalized spacial score (nSPS) is 10.6. The Kier molecular flexibility index (Phi) is 3.10. The number of rotatable bonds is 3. The largest absolute Gasteiger partial charge is 0.274 e. The maximum atomic E-state index is 13.2. The van der Waals surface area contributed by atoms with E-state index in [-0.39, 0.29) is 12.2 Å². The molecule has 18 heavy (non-hydrogen) atoms. The molecular formula is C12H12FN3O2. The highest BCUT2D eigenvalue weighted by Gasteiger charge is 2.15. The minimum Gasteiger partial charge on any atom is -0.265 e. The van der Waals surface area contributed by atoms with Gasteiger partial charge in [-0.2, -0.15) is 5.10 Å². The summed E-state index contributed by atoms with van der Waals surface area (Å²) in [5.41, 5.74) is 1.92. The molecule has 5 nitrogen and oxygen atoms in total. The van der Waals surface area contributed by atoms with Gasteiger partial charge in [-0.1, -0.05) is 0 Å². The van der Waals surface area contributed by atoms with Crippen molar-refractivity contribution in [1.29, 1.82) is 0 Å². The second kappa shape index (κ2) is 4.56. The topological polar surface area (TPSA) is 61.0 Å². The monoisotopic (exact) mass is 249 g/mol. The Hall–Kier alpha value is -2.24. The molecule has 0 atom stereocenters. The first-order valence-electron chi connectivity index (χ1n) is 5.41. The number of hydrogen-bond donors (Lipinski definition) is 0. The molecule has 1 heterocycles. The maximum absolute atomic E-state index is 13.2.